The van der Waals surface area contributed by atoms with Crippen molar-refractivity contribution in [3.05, 3.63) is 30.0 Å². The molecule has 0 atom stereocenters. The maximum absolute atomic E-state index is 4.73. The topological polar surface area (TPSA) is 17.8 Å². The minimum absolute atomic E-state index is 0.0329. The average Bonchev–Trinajstić information content (AvgIpc) is 2.71. The molecule has 1 aromatic carbocycles. The van der Waals surface area contributed by atoms with Crippen LogP contribution in [0.3, 0.4) is 0 Å². The van der Waals surface area contributed by atoms with E-state index < -0.39 is 0 Å². The molecular formula is C17H26N2. The molecule has 0 unspecified atom stereocenters. The number of hydrogen-bond donors (Lipinski definition) is 0. The van der Waals surface area contributed by atoms with E-state index in [1.807, 2.05) is 0 Å². The molecule has 0 spiro atoms. The molecule has 0 aliphatic rings. The molecule has 19 heavy (non-hydrogen) atoms. The summed E-state index contributed by atoms with van der Waals surface area (Å²) in [6.07, 6.45) is 4.62. The lowest BCUT2D eigenvalue weighted by molar-refractivity contribution is 0.358. The van der Waals surface area contributed by atoms with Crippen molar-refractivity contribution in [1.29, 1.82) is 0 Å². The van der Waals surface area contributed by atoms with Crippen molar-refractivity contribution in [3.63, 3.8) is 0 Å². The molecule has 0 amide bonds. The summed E-state index contributed by atoms with van der Waals surface area (Å²) in [7, 11) is 0. The van der Waals surface area contributed by atoms with Crippen LogP contribution in [0.25, 0.3) is 10.9 Å². The molecule has 2 nitrogen and oxygen atoms in total. The molecule has 0 bridgehead atoms. The van der Waals surface area contributed by atoms with Gasteiger partial charge in [-0.1, -0.05) is 39.3 Å². The number of benzene rings is 1. The monoisotopic (exact) mass is 258 g/mol. The van der Waals surface area contributed by atoms with Crippen LogP contribution < -0.4 is 0 Å². The van der Waals surface area contributed by atoms with E-state index in [0.717, 1.165) is 5.52 Å². The van der Waals surface area contributed by atoms with Crippen molar-refractivity contribution in [2.45, 2.75) is 65.3 Å². The van der Waals surface area contributed by atoms with Gasteiger partial charge in [0.05, 0.1) is 11.1 Å². The van der Waals surface area contributed by atoms with Gasteiger partial charge in [-0.05, 0) is 44.2 Å². The van der Waals surface area contributed by atoms with Gasteiger partial charge in [0.1, 0.15) is 0 Å². The Morgan fingerprint density at radius 3 is 2.37 bits per heavy atom. The molecule has 0 radical (unpaired) electrons. The van der Waals surface area contributed by atoms with Gasteiger partial charge in [0.25, 0.3) is 0 Å². The zero-order valence-electron chi connectivity index (χ0n) is 13.1. The number of aromatic nitrogens is 2. The zero-order chi connectivity index (χ0) is 14.3. The molecule has 2 heteroatoms. The van der Waals surface area contributed by atoms with Gasteiger partial charge in [-0.3, -0.25) is 4.68 Å². The normalized spacial score (nSPS) is 13.2. The third-order valence-electron chi connectivity index (χ3n) is 3.84. The van der Waals surface area contributed by atoms with Crippen LogP contribution in [-0.4, -0.2) is 9.78 Å². The molecule has 0 aliphatic heterocycles. The summed E-state index contributed by atoms with van der Waals surface area (Å²) < 4.78 is 2.09. The molecule has 0 fully saturated rings. The van der Waals surface area contributed by atoms with Crippen LogP contribution in [0.1, 0.15) is 59.9 Å². The first-order valence-electron chi connectivity index (χ1n) is 7.25. The van der Waals surface area contributed by atoms with E-state index in [0.29, 0.717) is 0 Å². The Hall–Kier alpha value is -1.31. The Balaban J connectivity index is 2.60. The quantitative estimate of drug-likeness (QED) is 0.768. The van der Waals surface area contributed by atoms with Crippen LogP contribution in [0.4, 0.5) is 0 Å². The number of fused-ring (bicyclic) bond motifs is 1. The first-order valence-corrected chi connectivity index (χ1v) is 7.25. The molecule has 2 aromatic rings. The molecular weight excluding hydrogens is 232 g/mol. The minimum atomic E-state index is 0.0329. The van der Waals surface area contributed by atoms with Crippen LogP contribution in [0.5, 0.6) is 0 Å². The van der Waals surface area contributed by atoms with E-state index in [2.05, 4.69) is 70.6 Å². The summed E-state index contributed by atoms with van der Waals surface area (Å²) in [5.41, 5.74) is 2.77. The summed E-state index contributed by atoms with van der Waals surface area (Å²) >= 11 is 0. The van der Waals surface area contributed by atoms with Crippen molar-refractivity contribution >= 4 is 10.9 Å². The SMILES string of the molecule is CCCC(C)(C)c1cccc2nn(C(C)(C)C)cc12. The van der Waals surface area contributed by atoms with Gasteiger partial charge in [-0.15, -0.1) is 0 Å². The third-order valence-corrected chi connectivity index (χ3v) is 3.84. The Morgan fingerprint density at radius 1 is 1.11 bits per heavy atom. The van der Waals surface area contributed by atoms with E-state index in [1.165, 1.54) is 23.8 Å². The number of nitrogens with zero attached hydrogens (tertiary/aromatic N) is 2. The predicted molar refractivity (Wildman–Crippen MR) is 82.7 cm³/mol. The van der Waals surface area contributed by atoms with Gasteiger partial charge < -0.3 is 0 Å². The van der Waals surface area contributed by atoms with E-state index >= 15 is 0 Å². The van der Waals surface area contributed by atoms with Crippen molar-refractivity contribution in [2.24, 2.45) is 0 Å². The van der Waals surface area contributed by atoms with Gasteiger partial charge in [-0.2, -0.15) is 5.10 Å². The van der Waals surface area contributed by atoms with Gasteiger partial charge in [0.15, 0.2) is 0 Å². The number of hydrogen-bond acceptors (Lipinski definition) is 1. The highest BCUT2D eigenvalue weighted by atomic mass is 15.3. The largest absolute Gasteiger partial charge is 0.266 e. The van der Waals surface area contributed by atoms with Crippen LogP contribution in [0.15, 0.2) is 24.4 Å². The summed E-state index contributed by atoms with van der Waals surface area (Å²) in [6.45, 7) is 13.5. The molecule has 0 N–H and O–H groups in total. The Labute approximate surface area is 116 Å². The molecule has 0 aliphatic carbocycles. The predicted octanol–water partition coefficient (Wildman–Crippen LogP) is 4.87. The Kier molecular flexibility index (Phi) is 3.46. The molecule has 1 heterocycles. The Bertz CT molecular complexity index is 570. The van der Waals surface area contributed by atoms with Crippen molar-refractivity contribution in [3.8, 4) is 0 Å². The lowest BCUT2D eigenvalue weighted by Crippen LogP contribution is -2.22. The highest BCUT2D eigenvalue weighted by Gasteiger charge is 2.24. The van der Waals surface area contributed by atoms with Crippen molar-refractivity contribution < 1.29 is 0 Å². The van der Waals surface area contributed by atoms with Gasteiger partial charge in [0, 0.05) is 11.6 Å². The standard InChI is InChI=1S/C17H26N2/c1-7-11-17(5,6)14-9-8-10-15-13(14)12-19(18-15)16(2,3)4/h8-10,12H,7,11H2,1-6H3. The van der Waals surface area contributed by atoms with Crippen LogP contribution >= 0.6 is 0 Å². The molecule has 0 saturated carbocycles. The van der Waals surface area contributed by atoms with Crippen molar-refractivity contribution in [2.75, 3.05) is 0 Å². The summed E-state index contributed by atoms with van der Waals surface area (Å²) in [5.74, 6) is 0. The van der Waals surface area contributed by atoms with Crippen LogP contribution in [0.2, 0.25) is 0 Å². The van der Waals surface area contributed by atoms with Crippen LogP contribution in [0, 0.1) is 0 Å². The maximum Gasteiger partial charge on any atom is 0.0926 e. The third kappa shape index (κ3) is 2.68. The smallest absolute Gasteiger partial charge is 0.0926 e. The highest BCUT2D eigenvalue weighted by molar-refractivity contribution is 5.83. The maximum atomic E-state index is 4.73. The van der Waals surface area contributed by atoms with E-state index in [1.54, 1.807) is 0 Å². The lowest BCUT2D eigenvalue weighted by atomic mass is 9.79. The van der Waals surface area contributed by atoms with Gasteiger partial charge in [0.2, 0.25) is 0 Å². The van der Waals surface area contributed by atoms with Gasteiger partial charge >= 0.3 is 0 Å². The fraction of sp³-hybridized carbons (Fsp3) is 0.588. The Morgan fingerprint density at radius 2 is 1.79 bits per heavy atom. The summed E-state index contributed by atoms with van der Waals surface area (Å²) in [6, 6.07) is 6.50. The molecule has 2 rings (SSSR count). The number of rotatable bonds is 3. The fourth-order valence-corrected chi connectivity index (χ4v) is 2.74. The second-order valence-electron chi connectivity index (χ2n) is 7.12. The highest BCUT2D eigenvalue weighted by Crippen LogP contribution is 2.34. The molecule has 1 aromatic heterocycles. The van der Waals surface area contributed by atoms with Gasteiger partial charge in [-0.25, -0.2) is 0 Å². The van der Waals surface area contributed by atoms with E-state index in [9.17, 15) is 0 Å². The second-order valence-corrected chi connectivity index (χ2v) is 7.12. The van der Waals surface area contributed by atoms with E-state index in [4.69, 9.17) is 5.10 Å². The summed E-state index contributed by atoms with van der Waals surface area (Å²) in [4.78, 5) is 0. The minimum Gasteiger partial charge on any atom is -0.266 e. The first kappa shape index (κ1) is 14.1. The molecule has 0 saturated heterocycles. The van der Waals surface area contributed by atoms with Crippen LogP contribution in [-0.2, 0) is 11.0 Å². The molecule has 104 valence electrons. The second kappa shape index (κ2) is 4.66. The fourth-order valence-electron chi connectivity index (χ4n) is 2.74. The first-order chi connectivity index (χ1) is 8.75. The zero-order valence-corrected chi connectivity index (χ0v) is 13.1. The van der Waals surface area contributed by atoms with Crippen molar-refractivity contribution in [1.82, 2.24) is 9.78 Å². The van der Waals surface area contributed by atoms with E-state index in [-0.39, 0.29) is 11.0 Å². The average molecular weight is 258 g/mol. The summed E-state index contributed by atoms with van der Waals surface area (Å²) in [5, 5.41) is 6.04. The lowest BCUT2D eigenvalue weighted by Gasteiger charge is -2.25.